The fourth-order valence-electron chi connectivity index (χ4n) is 1.66. The lowest BCUT2D eigenvalue weighted by molar-refractivity contribution is 1.05. The Bertz CT molecular complexity index is 333. The van der Waals surface area contributed by atoms with E-state index in [9.17, 15) is 0 Å². The zero-order valence-electron chi connectivity index (χ0n) is 8.83. The summed E-state index contributed by atoms with van der Waals surface area (Å²) in [6.07, 6.45) is 0. The molecule has 1 aromatic rings. The van der Waals surface area contributed by atoms with Crippen LogP contribution in [0.25, 0.3) is 0 Å². The van der Waals surface area contributed by atoms with Gasteiger partial charge in [0.2, 0.25) is 0 Å². The first-order valence-corrected chi connectivity index (χ1v) is 4.40. The maximum atomic E-state index is 7.97. The van der Waals surface area contributed by atoms with Crippen LogP contribution in [0.15, 0.2) is 24.3 Å². The van der Waals surface area contributed by atoms with Gasteiger partial charge in [0.05, 0.1) is 1.37 Å². The van der Waals surface area contributed by atoms with E-state index in [0.717, 1.165) is 0 Å². The molecule has 1 saturated heterocycles. The molecule has 0 N–H and O–H groups in total. The molecule has 1 heteroatoms. The fourth-order valence-corrected chi connectivity index (χ4v) is 1.66. The number of hydrogen-bond acceptors (Lipinski definition) is 1. The van der Waals surface area contributed by atoms with Gasteiger partial charge in [0.1, 0.15) is 0 Å². The summed E-state index contributed by atoms with van der Waals surface area (Å²) < 4.78 is 7.97. The first kappa shape index (κ1) is 6.53. The maximum absolute atomic E-state index is 7.97. The van der Waals surface area contributed by atoms with Gasteiger partial charge in [-0.2, -0.15) is 0 Å². The maximum Gasteiger partial charge on any atom is 0.0548 e. The molecule has 0 amide bonds. The molecule has 1 aliphatic heterocycles. The van der Waals surface area contributed by atoms with Gasteiger partial charge >= 0.3 is 0 Å². The van der Waals surface area contributed by atoms with Crippen molar-refractivity contribution in [3.8, 4) is 0 Å². The number of aryl methyl sites for hydroxylation is 1. The minimum atomic E-state index is -0.397. The van der Waals surface area contributed by atoms with E-state index in [0.29, 0.717) is 6.04 Å². The highest BCUT2D eigenvalue weighted by molar-refractivity contribution is 5.60. The molecular formula is C11H15N. The van der Waals surface area contributed by atoms with Gasteiger partial charge in [0, 0.05) is 17.7 Å². The van der Waals surface area contributed by atoms with Crippen LogP contribution < -0.4 is 4.90 Å². The summed E-state index contributed by atoms with van der Waals surface area (Å²) in [5, 5.41) is 0. The summed E-state index contributed by atoms with van der Waals surface area (Å²) in [7, 11) is 0. The Morgan fingerprint density at radius 3 is 2.42 bits per heavy atom. The topological polar surface area (TPSA) is 3.01 Å². The van der Waals surface area contributed by atoms with Crippen LogP contribution in [0.3, 0.4) is 0 Å². The third-order valence-electron chi connectivity index (χ3n) is 2.68. The standard InChI is InChI=1S/C11H15N/c1-8-6-4-5-7-11(8)12-9(2)10(12)3/h4-7,9-10H,1-3H3/t9-,10+,12?/i9D/m1/s1. The monoisotopic (exact) mass is 162 g/mol. The number of para-hydroxylation sites is 1. The third kappa shape index (κ3) is 1.01. The Hall–Kier alpha value is -0.980. The van der Waals surface area contributed by atoms with E-state index >= 15 is 0 Å². The highest BCUT2D eigenvalue weighted by atomic mass is 15.3. The Kier molecular flexibility index (Phi) is 1.37. The van der Waals surface area contributed by atoms with Gasteiger partial charge < -0.3 is 4.90 Å². The Labute approximate surface area is 75.4 Å². The van der Waals surface area contributed by atoms with E-state index in [1.807, 2.05) is 19.1 Å². The highest BCUT2D eigenvalue weighted by Crippen LogP contribution is 2.36. The van der Waals surface area contributed by atoms with Crippen LogP contribution >= 0.6 is 0 Å². The van der Waals surface area contributed by atoms with Gasteiger partial charge in [-0.25, -0.2) is 0 Å². The molecule has 1 nitrogen and oxygen atoms in total. The fraction of sp³-hybridized carbons (Fsp3) is 0.455. The Morgan fingerprint density at radius 1 is 1.33 bits per heavy atom. The number of benzene rings is 1. The molecule has 64 valence electrons. The molecule has 0 bridgehead atoms. The minimum Gasteiger partial charge on any atom is -0.362 e. The average molecular weight is 162 g/mol. The van der Waals surface area contributed by atoms with E-state index in [-0.39, 0.29) is 0 Å². The molecule has 0 spiro atoms. The number of hydrogen-bond donors (Lipinski definition) is 0. The molecule has 0 radical (unpaired) electrons. The second-order valence-corrected chi connectivity index (χ2v) is 3.47. The van der Waals surface area contributed by atoms with Crippen LogP contribution in [0.1, 0.15) is 20.8 Å². The molecule has 0 aliphatic carbocycles. The first-order valence-electron chi connectivity index (χ1n) is 4.90. The van der Waals surface area contributed by atoms with Gasteiger partial charge in [-0.3, -0.25) is 0 Å². The van der Waals surface area contributed by atoms with Crippen LogP contribution in [0.5, 0.6) is 0 Å². The van der Waals surface area contributed by atoms with Crippen molar-refractivity contribution in [2.75, 3.05) is 4.90 Å². The number of anilines is 1. The molecule has 0 aromatic heterocycles. The molecule has 1 fully saturated rings. The SMILES string of the molecule is [2H][C@@]1(C)[C@H](C)N1c1ccccc1C. The van der Waals surface area contributed by atoms with E-state index in [1.54, 1.807) is 0 Å². The van der Waals surface area contributed by atoms with Crippen molar-refractivity contribution < 1.29 is 1.37 Å². The summed E-state index contributed by atoms with van der Waals surface area (Å²) in [6.45, 7) is 6.15. The Balaban J connectivity index is 2.34. The number of nitrogens with zero attached hydrogens (tertiary/aromatic N) is 1. The zero-order chi connectivity index (χ0) is 9.64. The van der Waals surface area contributed by atoms with E-state index < -0.39 is 6.02 Å². The van der Waals surface area contributed by atoms with Crippen molar-refractivity contribution in [3.63, 3.8) is 0 Å². The van der Waals surface area contributed by atoms with Gasteiger partial charge in [-0.15, -0.1) is 0 Å². The lowest BCUT2D eigenvalue weighted by atomic mass is 10.2. The minimum absolute atomic E-state index is 0.341. The van der Waals surface area contributed by atoms with Crippen molar-refractivity contribution in [3.05, 3.63) is 29.8 Å². The summed E-state index contributed by atoms with van der Waals surface area (Å²) in [4.78, 5) is 2.14. The molecule has 2 atom stereocenters. The van der Waals surface area contributed by atoms with E-state index in [4.69, 9.17) is 1.37 Å². The second-order valence-electron chi connectivity index (χ2n) is 3.47. The predicted octanol–water partition coefficient (Wildman–Crippen LogP) is 2.59. The van der Waals surface area contributed by atoms with Crippen molar-refractivity contribution in [1.29, 1.82) is 0 Å². The zero-order valence-corrected chi connectivity index (χ0v) is 7.83. The lowest BCUT2D eigenvalue weighted by Gasteiger charge is -2.07. The predicted molar refractivity (Wildman–Crippen MR) is 52.6 cm³/mol. The molecule has 1 aliphatic rings. The van der Waals surface area contributed by atoms with Crippen LogP contribution in [-0.2, 0) is 0 Å². The smallest absolute Gasteiger partial charge is 0.0548 e. The van der Waals surface area contributed by atoms with Crippen molar-refractivity contribution >= 4 is 5.69 Å². The van der Waals surface area contributed by atoms with Gasteiger partial charge in [0.15, 0.2) is 0 Å². The molecule has 0 unspecified atom stereocenters. The quantitative estimate of drug-likeness (QED) is 0.574. The molecular weight excluding hydrogens is 146 g/mol. The largest absolute Gasteiger partial charge is 0.362 e. The third-order valence-corrected chi connectivity index (χ3v) is 2.68. The van der Waals surface area contributed by atoms with Crippen LogP contribution in [0, 0.1) is 6.92 Å². The lowest BCUT2D eigenvalue weighted by Crippen LogP contribution is -1.98. The van der Waals surface area contributed by atoms with Crippen LogP contribution in [-0.4, -0.2) is 12.1 Å². The summed E-state index contributed by atoms with van der Waals surface area (Å²) >= 11 is 0. The van der Waals surface area contributed by atoms with Crippen LogP contribution in [0.2, 0.25) is 0 Å². The van der Waals surface area contributed by atoms with Crippen molar-refractivity contribution in [2.24, 2.45) is 0 Å². The summed E-state index contributed by atoms with van der Waals surface area (Å²) in [5.41, 5.74) is 2.46. The normalized spacial score (nSPS) is 34.8. The van der Waals surface area contributed by atoms with E-state index in [2.05, 4.69) is 30.9 Å². The van der Waals surface area contributed by atoms with Gasteiger partial charge in [-0.05, 0) is 32.4 Å². The summed E-state index contributed by atoms with van der Waals surface area (Å²) in [6, 6.07) is 8.19. The molecule has 0 saturated carbocycles. The van der Waals surface area contributed by atoms with Gasteiger partial charge in [0.25, 0.3) is 0 Å². The molecule has 12 heavy (non-hydrogen) atoms. The second kappa shape index (κ2) is 2.51. The van der Waals surface area contributed by atoms with Crippen molar-refractivity contribution in [1.82, 2.24) is 0 Å². The summed E-state index contributed by atoms with van der Waals surface area (Å²) in [5.74, 6) is 0. The molecule has 1 heterocycles. The number of rotatable bonds is 1. The Morgan fingerprint density at radius 2 is 1.92 bits per heavy atom. The van der Waals surface area contributed by atoms with Crippen LogP contribution in [0.4, 0.5) is 5.69 Å². The van der Waals surface area contributed by atoms with Gasteiger partial charge in [-0.1, -0.05) is 18.2 Å². The highest BCUT2D eigenvalue weighted by Gasteiger charge is 2.40. The van der Waals surface area contributed by atoms with Crippen molar-refractivity contribution in [2.45, 2.75) is 32.8 Å². The average Bonchev–Trinajstić information content (AvgIpc) is 2.54. The first-order chi connectivity index (χ1) is 6.05. The molecule has 2 rings (SSSR count). The van der Waals surface area contributed by atoms with E-state index in [1.165, 1.54) is 11.3 Å². The molecule has 1 aromatic carbocycles.